The van der Waals surface area contributed by atoms with Crippen LogP contribution in [0.2, 0.25) is 5.02 Å². The molecular formula is C20H19ClN4O4. The van der Waals surface area contributed by atoms with Crippen LogP contribution in [0.25, 0.3) is 0 Å². The van der Waals surface area contributed by atoms with Crippen LogP contribution >= 0.6 is 11.6 Å². The molecule has 0 spiro atoms. The Morgan fingerprint density at radius 3 is 2.34 bits per heavy atom. The van der Waals surface area contributed by atoms with E-state index in [1.807, 2.05) is 0 Å². The van der Waals surface area contributed by atoms with Gasteiger partial charge in [-0.2, -0.15) is 5.10 Å². The molecule has 1 aliphatic heterocycles. The molecule has 0 saturated carbocycles. The Hall–Kier alpha value is -3.39. The fourth-order valence-electron chi connectivity index (χ4n) is 2.54. The average molecular weight is 415 g/mol. The highest BCUT2D eigenvalue weighted by molar-refractivity contribution is 6.39. The topological polar surface area (TPSA) is 100 Å². The predicted molar refractivity (Wildman–Crippen MR) is 107 cm³/mol. The van der Waals surface area contributed by atoms with Crippen LogP contribution in [-0.4, -0.2) is 35.5 Å². The molecule has 150 valence electrons. The molecule has 2 N–H and O–H groups in total. The van der Waals surface area contributed by atoms with E-state index in [9.17, 15) is 14.4 Å². The normalized spacial score (nSPS) is 13.5. The first-order chi connectivity index (χ1) is 13.9. The second kappa shape index (κ2) is 9.20. The van der Waals surface area contributed by atoms with Crippen molar-refractivity contribution in [3.05, 3.63) is 64.7 Å². The van der Waals surface area contributed by atoms with Crippen molar-refractivity contribution in [3.63, 3.8) is 0 Å². The van der Waals surface area contributed by atoms with Crippen LogP contribution in [0, 0.1) is 0 Å². The maximum absolute atomic E-state index is 12.2. The zero-order valence-electron chi connectivity index (χ0n) is 15.6. The number of halogens is 1. The summed E-state index contributed by atoms with van der Waals surface area (Å²) in [6.45, 7) is 0.340. The van der Waals surface area contributed by atoms with Crippen molar-refractivity contribution in [2.45, 2.75) is 19.4 Å². The summed E-state index contributed by atoms with van der Waals surface area (Å²) in [6, 6.07) is 13.8. The maximum atomic E-state index is 12.2. The molecule has 29 heavy (non-hydrogen) atoms. The van der Waals surface area contributed by atoms with Gasteiger partial charge >= 0.3 is 0 Å². The molecular weight excluding hydrogens is 396 g/mol. The molecule has 0 radical (unpaired) electrons. The highest BCUT2D eigenvalue weighted by Crippen LogP contribution is 2.17. The van der Waals surface area contributed by atoms with Crippen molar-refractivity contribution >= 4 is 35.0 Å². The summed E-state index contributed by atoms with van der Waals surface area (Å²) in [5.41, 5.74) is 6.08. The Bertz CT molecular complexity index is 942. The van der Waals surface area contributed by atoms with Gasteiger partial charge in [-0.05, 0) is 42.0 Å². The number of nitrogens with one attached hydrogen (secondary N) is 2. The Morgan fingerprint density at radius 2 is 1.69 bits per heavy atom. The highest BCUT2D eigenvalue weighted by Gasteiger charge is 2.22. The Kier molecular flexibility index (Phi) is 6.46. The number of hydrazine groups is 1. The number of benzene rings is 2. The quantitative estimate of drug-likeness (QED) is 0.733. The van der Waals surface area contributed by atoms with Gasteiger partial charge in [0.1, 0.15) is 18.1 Å². The summed E-state index contributed by atoms with van der Waals surface area (Å²) in [5.74, 6) is -0.488. The van der Waals surface area contributed by atoms with Gasteiger partial charge in [0.25, 0.3) is 11.8 Å². The molecule has 3 amide bonds. The molecule has 8 nitrogen and oxygen atoms in total. The lowest BCUT2D eigenvalue weighted by Crippen LogP contribution is -2.46. The summed E-state index contributed by atoms with van der Waals surface area (Å²) in [7, 11) is 1.48. The average Bonchev–Trinajstić information content (AvgIpc) is 2.73. The molecule has 2 aromatic carbocycles. The summed E-state index contributed by atoms with van der Waals surface area (Å²) < 4.78 is 5.65. The van der Waals surface area contributed by atoms with E-state index in [1.54, 1.807) is 48.5 Å². The fourth-order valence-corrected chi connectivity index (χ4v) is 2.67. The summed E-state index contributed by atoms with van der Waals surface area (Å²) >= 11 is 5.84. The third-order valence-electron chi connectivity index (χ3n) is 4.19. The van der Waals surface area contributed by atoms with Gasteiger partial charge in [0.15, 0.2) is 0 Å². The number of ether oxygens (including phenoxy) is 1. The molecule has 2 aromatic rings. The van der Waals surface area contributed by atoms with E-state index in [0.717, 1.165) is 10.6 Å². The first-order valence-corrected chi connectivity index (χ1v) is 9.22. The van der Waals surface area contributed by atoms with Crippen molar-refractivity contribution in [2.24, 2.45) is 5.10 Å². The Labute approximate surface area is 172 Å². The number of rotatable bonds is 5. The Balaban J connectivity index is 1.49. The summed E-state index contributed by atoms with van der Waals surface area (Å²) in [5, 5.41) is 5.64. The van der Waals surface area contributed by atoms with Crippen molar-refractivity contribution in [1.82, 2.24) is 15.9 Å². The van der Waals surface area contributed by atoms with Gasteiger partial charge in [0.05, 0.1) is 0 Å². The molecule has 1 heterocycles. The van der Waals surface area contributed by atoms with Crippen LogP contribution < -0.4 is 15.6 Å². The smallest absolute Gasteiger partial charge is 0.285 e. The van der Waals surface area contributed by atoms with E-state index in [-0.39, 0.29) is 24.5 Å². The second-order valence-electron chi connectivity index (χ2n) is 6.31. The van der Waals surface area contributed by atoms with Crippen LogP contribution in [0.1, 0.15) is 28.8 Å². The number of carbonyl (C=O) groups is 3. The predicted octanol–water partition coefficient (Wildman–Crippen LogP) is 2.29. The molecule has 9 heteroatoms. The Morgan fingerprint density at radius 1 is 1.03 bits per heavy atom. The van der Waals surface area contributed by atoms with E-state index in [0.29, 0.717) is 22.9 Å². The lowest BCUT2D eigenvalue weighted by atomic mass is 10.1. The fraction of sp³-hybridized carbons (Fsp3) is 0.200. The number of amides is 3. The number of nitrogens with zero attached hydrogens (tertiary/aromatic N) is 2. The van der Waals surface area contributed by atoms with Gasteiger partial charge in [-0.3, -0.25) is 25.2 Å². The van der Waals surface area contributed by atoms with E-state index >= 15 is 0 Å². The lowest BCUT2D eigenvalue weighted by molar-refractivity contribution is -0.130. The van der Waals surface area contributed by atoms with Crippen molar-refractivity contribution < 1.29 is 19.1 Å². The first-order valence-electron chi connectivity index (χ1n) is 8.84. The monoisotopic (exact) mass is 414 g/mol. The molecule has 1 aliphatic rings. The van der Waals surface area contributed by atoms with Crippen molar-refractivity contribution in [1.29, 1.82) is 0 Å². The maximum Gasteiger partial charge on any atom is 0.285 e. The van der Waals surface area contributed by atoms with Crippen LogP contribution in [0.15, 0.2) is 53.6 Å². The van der Waals surface area contributed by atoms with Crippen molar-refractivity contribution in [2.75, 3.05) is 7.05 Å². The van der Waals surface area contributed by atoms with E-state index < -0.39 is 11.8 Å². The summed E-state index contributed by atoms with van der Waals surface area (Å²) in [6.07, 6.45) is 0.434. The minimum atomic E-state index is -0.550. The molecule has 0 saturated heterocycles. The van der Waals surface area contributed by atoms with Gasteiger partial charge in [0.2, 0.25) is 5.91 Å². The SMILES string of the molecule is CN1N=C(C(=O)NNC(=O)c2ccc(COc3ccc(Cl)cc3)cc2)CCC1=O. The van der Waals surface area contributed by atoms with E-state index in [4.69, 9.17) is 16.3 Å². The van der Waals surface area contributed by atoms with Crippen molar-refractivity contribution in [3.8, 4) is 5.75 Å². The standard InChI is InChI=1S/C20H19ClN4O4/c1-25-18(26)11-10-17(24-25)20(28)23-22-19(27)14-4-2-13(3-5-14)12-29-16-8-6-15(21)7-9-16/h2-9H,10-12H2,1H3,(H,22,27)(H,23,28). The minimum Gasteiger partial charge on any atom is -0.489 e. The van der Waals surface area contributed by atoms with Gasteiger partial charge in [-0.25, -0.2) is 5.01 Å². The van der Waals surface area contributed by atoms with Gasteiger partial charge in [0, 0.05) is 30.5 Å². The molecule has 3 rings (SSSR count). The summed E-state index contributed by atoms with van der Waals surface area (Å²) in [4.78, 5) is 35.6. The van der Waals surface area contributed by atoms with E-state index in [1.165, 1.54) is 7.05 Å². The lowest BCUT2D eigenvalue weighted by Gasteiger charge is -2.19. The second-order valence-corrected chi connectivity index (χ2v) is 6.75. The molecule has 0 fully saturated rings. The van der Waals surface area contributed by atoms with Crippen LogP contribution in [-0.2, 0) is 16.2 Å². The number of hydrogen-bond acceptors (Lipinski definition) is 5. The van der Waals surface area contributed by atoms with E-state index in [2.05, 4.69) is 16.0 Å². The molecule has 0 unspecified atom stereocenters. The molecule has 0 aromatic heterocycles. The first kappa shape index (κ1) is 20.3. The number of hydrogen-bond donors (Lipinski definition) is 2. The molecule has 0 atom stereocenters. The largest absolute Gasteiger partial charge is 0.489 e. The van der Waals surface area contributed by atoms with Crippen LogP contribution in [0.4, 0.5) is 0 Å². The highest BCUT2D eigenvalue weighted by atomic mass is 35.5. The van der Waals surface area contributed by atoms with Gasteiger partial charge in [-0.1, -0.05) is 23.7 Å². The van der Waals surface area contributed by atoms with Crippen LogP contribution in [0.3, 0.4) is 0 Å². The number of hydrazone groups is 1. The van der Waals surface area contributed by atoms with Gasteiger partial charge in [-0.15, -0.1) is 0 Å². The zero-order chi connectivity index (χ0) is 20.8. The third-order valence-corrected chi connectivity index (χ3v) is 4.45. The molecule has 0 aliphatic carbocycles. The van der Waals surface area contributed by atoms with Crippen LogP contribution in [0.5, 0.6) is 5.75 Å². The zero-order valence-corrected chi connectivity index (χ0v) is 16.4. The van der Waals surface area contributed by atoms with Gasteiger partial charge < -0.3 is 4.74 Å². The minimum absolute atomic E-state index is 0.161. The number of carbonyl (C=O) groups excluding carboxylic acids is 3. The molecule has 0 bridgehead atoms. The third kappa shape index (κ3) is 5.55.